The van der Waals surface area contributed by atoms with Crippen molar-refractivity contribution < 1.29 is 17.2 Å². The van der Waals surface area contributed by atoms with Crippen LogP contribution in [0.2, 0.25) is 0 Å². The fraction of sp³-hybridized carbons (Fsp3) is 0.176. The molecular weight excluding hydrogens is 334 g/mol. The van der Waals surface area contributed by atoms with E-state index in [0.29, 0.717) is 17.5 Å². The number of rotatable bonds is 5. The molecule has 0 saturated carbocycles. The maximum absolute atomic E-state index is 13.2. The second-order valence-corrected chi connectivity index (χ2v) is 7.30. The Morgan fingerprint density at radius 3 is 2.54 bits per heavy atom. The highest BCUT2D eigenvalue weighted by Crippen LogP contribution is 2.20. The summed E-state index contributed by atoms with van der Waals surface area (Å²) in [6.45, 7) is 1.73. The first-order chi connectivity index (χ1) is 11.4. The van der Waals surface area contributed by atoms with Gasteiger partial charge in [-0.3, -0.25) is 0 Å². The number of H-pyrrole nitrogens is 1. The van der Waals surface area contributed by atoms with Crippen LogP contribution in [0.15, 0.2) is 47.5 Å². The Hall–Kier alpha value is -2.25. The van der Waals surface area contributed by atoms with Gasteiger partial charge in [0.15, 0.2) is 0 Å². The van der Waals surface area contributed by atoms with Crippen molar-refractivity contribution in [1.82, 2.24) is 9.71 Å². The summed E-state index contributed by atoms with van der Waals surface area (Å²) in [5, 5.41) is 0.855. The molecule has 0 fully saturated rings. The Morgan fingerprint density at radius 2 is 1.79 bits per heavy atom. The van der Waals surface area contributed by atoms with Gasteiger partial charge in [-0.15, -0.1) is 0 Å². The van der Waals surface area contributed by atoms with E-state index in [4.69, 9.17) is 0 Å². The summed E-state index contributed by atoms with van der Waals surface area (Å²) in [5.74, 6) is -0.805. The smallest absolute Gasteiger partial charge is 0.240 e. The lowest BCUT2D eigenvalue weighted by Crippen LogP contribution is -2.26. The topological polar surface area (TPSA) is 62.0 Å². The molecule has 0 aliphatic rings. The quantitative estimate of drug-likeness (QED) is 0.742. The summed E-state index contributed by atoms with van der Waals surface area (Å²) in [7, 11) is -3.71. The SMILES string of the molecule is Cc1cc(F)ccc1S(=O)(=O)NCCc1c[nH]c2cc(F)ccc12. The minimum Gasteiger partial charge on any atom is -0.361 e. The zero-order valence-electron chi connectivity index (χ0n) is 12.9. The van der Waals surface area contributed by atoms with E-state index < -0.39 is 15.8 Å². The number of aromatic nitrogens is 1. The van der Waals surface area contributed by atoms with Gasteiger partial charge in [0.05, 0.1) is 4.90 Å². The Morgan fingerprint density at radius 1 is 1.08 bits per heavy atom. The molecule has 1 heterocycles. The van der Waals surface area contributed by atoms with Crippen molar-refractivity contribution in [3.8, 4) is 0 Å². The molecule has 0 unspecified atom stereocenters. The molecule has 2 N–H and O–H groups in total. The zero-order valence-corrected chi connectivity index (χ0v) is 13.8. The number of aryl methyl sites for hydroxylation is 1. The van der Waals surface area contributed by atoms with Gasteiger partial charge >= 0.3 is 0 Å². The fourth-order valence-corrected chi connectivity index (χ4v) is 3.93. The molecule has 0 amide bonds. The normalized spacial score (nSPS) is 12.0. The van der Waals surface area contributed by atoms with E-state index >= 15 is 0 Å². The maximum Gasteiger partial charge on any atom is 0.240 e. The van der Waals surface area contributed by atoms with E-state index in [1.165, 1.54) is 24.3 Å². The number of nitrogens with one attached hydrogen (secondary N) is 2. The second-order valence-electron chi connectivity index (χ2n) is 5.56. The predicted molar refractivity (Wildman–Crippen MR) is 88.3 cm³/mol. The molecule has 1 aromatic heterocycles. The third-order valence-electron chi connectivity index (χ3n) is 3.84. The van der Waals surface area contributed by atoms with Crippen molar-refractivity contribution in [2.75, 3.05) is 6.54 Å². The largest absolute Gasteiger partial charge is 0.361 e. The van der Waals surface area contributed by atoms with E-state index in [9.17, 15) is 17.2 Å². The number of fused-ring (bicyclic) bond motifs is 1. The molecule has 0 saturated heterocycles. The first-order valence-electron chi connectivity index (χ1n) is 7.38. The highest BCUT2D eigenvalue weighted by atomic mass is 32.2. The fourth-order valence-electron chi connectivity index (χ4n) is 2.68. The molecule has 2 aromatic carbocycles. The van der Waals surface area contributed by atoms with Crippen molar-refractivity contribution in [2.24, 2.45) is 0 Å². The van der Waals surface area contributed by atoms with Crippen molar-refractivity contribution in [3.05, 3.63) is 65.4 Å². The monoisotopic (exact) mass is 350 g/mol. The lowest BCUT2D eigenvalue weighted by molar-refractivity contribution is 0.580. The van der Waals surface area contributed by atoms with Gasteiger partial charge in [0.25, 0.3) is 0 Å². The van der Waals surface area contributed by atoms with Crippen LogP contribution >= 0.6 is 0 Å². The van der Waals surface area contributed by atoms with Crippen LogP contribution in [0.5, 0.6) is 0 Å². The number of hydrogen-bond acceptors (Lipinski definition) is 2. The van der Waals surface area contributed by atoms with E-state index in [1.54, 1.807) is 19.2 Å². The molecule has 3 rings (SSSR count). The Labute approximate surface area is 138 Å². The van der Waals surface area contributed by atoms with Crippen LogP contribution in [0.25, 0.3) is 10.9 Å². The molecule has 0 aliphatic heterocycles. The second kappa shape index (κ2) is 6.33. The first-order valence-corrected chi connectivity index (χ1v) is 8.86. The van der Waals surface area contributed by atoms with Crippen LogP contribution < -0.4 is 4.72 Å². The molecule has 7 heteroatoms. The van der Waals surface area contributed by atoms with Gasteiger partial charge in [-0.25, -0.2) is 21.9 Å². The van der Waals surface area contributed by atoms with Gasteiger partial charge in [0.1, 0.15) is 11.6 Å². The summed E-state index contributed by atoms with van der Waals surface area (Å²) in [6.07, 6.45) is 2.19. The molecule has 0 atom stereocenters. The molecule has 0 spiro atoms. The van der Waals surface area contributed by atoms with Crippen LogP contribution in [0.4, 0.5) is 8.78 Å². The number of sulfonamides is 1. The molecule has 4 nitrogen and oxygen atoms in total. The highest BCUT2D eigenvalue weighted by molar-refractivity contribution is 7.89. The van der Waals surface area contributed by atoms with Gasteiger partial charge in [-0.2, -0.15) is 0 Å². The molecule has 0 bridgehead atoms. The summed E-state index contributed by atoms with van der Waals surface area (Å²) >= 11 is 0. The number of halogens is 2. The molecule has 0 radical (unpaired) electrons. The molecule has 24 heavy (non-hydrogen) atoms. The standard InChI is InChI=1S/C17H16F2N2O2S/c1-11-8-13(18)3-5-17(11)24(22,23)21-7-6-12-10-20-16-9-14(19)2-4-15(12)16/h2-5,8-10,20-21H,6-7H2,1H3. The van der Waals surface area contributed by atoms with Crippen molar-refractivity contribution in [1.29, 1.82) is 0 Å². The number of aromatic amines is 1. The third-order valence-corrected chi connectivity index (χ3v) is 5.46. The van der Waals surface area contributed by atoms with Crippen LogP contribution in [-0.4, -0.2) is 19.9 Å². The summed E-state index contributed by atoms with van der Waals surface area (Å²) < 4.78 is 53.4. The van der Waals surface area contributed by atoms with Gasteiger partial charge < -0.3 is 4.98 Å². The molecular formula is C17H16F2N2O2S. The Bertz CT molecular complexity index is 997. The average molecular weight is 350 g/mol. The summed E-state index contributed by atoms with van der Waals surface area (Å²) in [5.41, 5.74) is 1.91. The van der Waals surface area contributed by atoms with E-state index in [-0.39, 0.29) is 17.3 Å². The third kappa shape index (κ3) is 3.32. The predicted octanol–water partition coefficient (Wildman–Crippen LogP) is 3.28. The molecule has 0 aliphatic carbocycles. The average Bonchev–Trinajstić information content (AvgIpc) is 2.89. The minimum atomic E-state index is -3.71. The molecule has 126 valence electrons. The zero-order chi connectivity index (χ0) is 17.3. The molecule has 3 aromatic rings. The highest BCUT2D eigenvalue weighted by Gasteiger charge is 2.17. The Balaban J connectivity index is 1.73. The van der Waals surface area contributed by atoms with E-state index in [1.807, 2.05) is 0 Å². The number of benzene rings is 2. The van der Waals surface area contributed by atoms with E-state index in [2.05, 4.69) is 9.71 Å². The van der Waals surface area contributed by atoms with E-state index in [0.717, 1.165) is 17.0 Å². The minimum absolute atomic E-state index is 0.0601. The van der Waals surface area contributed by atoms with Gasteiger partial charge in [-0.1, -0.05) is 0 Å². The van der Waals surface area contributed by atoms with Crippen LogP contribution in [-0.2, 0) is 16.4 Å². The lowest BCUT2D eigenvalue weighted by Gasteiger charge is -2.09. The van der Waals surface area contributed by atoms with Gasteiger partial charge in [0.2, 0.25) is 10.0 Å². The summed E-state index contributed by atoms with van der Waals surface area (Å²) in [4.78, 5) is 3.02. The number of hydrogen-bond donors (Lipinski definition) is 2. The first kappa shape index (κ1) is 16.6. The summed E-state index contributed by atoms with van der Waals surface area (Å²) in [6, 6.07) is 7.98. The van der Waals surface area contributed by atoms with Crippen molar-refractivity contribution in [3.63, 3.8) is 0 Å². The van der Waals surface area contributed by atoms with Crippen molar-refractivity contribution >= 4 is 20.9 Å². The van der Waals surface area contributed by atoms with Gasteiger partial charge in [-0.05, 0) is 60.9 Å². The van der Waals surface area contributed by atoms with Crippen LogP contribution in [0.3, 0.4) is 0 Å². The lowest BCUT2D eigenvalue weighted by atomic mass is 10.1. The van der Waals surface area contributed by atoms with Crippen molar-refractivity contribution in [2.45, 2.75) is 18.2 Å². The Kier molecular flexibility index (Phi) is 4.38. The van der Waals surface area contributed by atoms with Crippen LogP contribution in [0.1, 0.15) is 11.1 Å². The van der Waals surface area contributed by atoms with Crippen LogP contribution in [0, 0.1) is 18.6 Å². The maximum atomic E-state index is 13.2. The van der Waals surface area contributed by atoms with Gasteiger partial charge in [0, 0.05) is 23.6 Å².